The predicted octanol–water partition coefficient (Wildman–Crippen LogP) is 25.7. The molecule has 0 rings (SSSR count). The molecule has 0 heterocycles. The molecule has 0 fully saturated rings. The molecule has 0 aliphatic rings. The molecule has 0 aliphatic carbocycles. The Labute approximate surface area is 513 Å². The molecule has 0 aromatic carbocycles. The van der Waals surface area contributed by atoms with Crippen molar-refractivity contribution in [1.82, 2.24) is 0 Å². The minimum atomic E-state index is -0.767. The summed E-state index contributed by atoms with van der Waals surface area (Å²) in [6.07, 6.45) is 88.4. The Bertz CT molecular complexity index is 1320. The highest BCUT2D eigenvalue weighted by molar-refractivity contribution is 5.71. The lowest BCUT2D eigenvalue weighted by Crippen LogP contribution is -2.30. The Morgan fingerprint density at radius 3 is 0.671 bits per heavy atom. The maximum absolute atomic E-state index is 12.9. The van der Waals surface area contributed by atoms with Crippen molar-refractivity contribution in [2.24, 2.45) is 0 Å². The van der Waals surface area contributed by atoms with Crippen LogP contribution in [0.4, 0.5) is 0 Å². The van der Waals surface area contributed by atoms with Gasteiger partial charge in [-0.15, -0.1) is 0 Å². The van der Waals surface area contributed by atoms with Crippen molar-refractivity contribution in [3.63, 3.8) is 0 Å². The summed E-state index contributed by atoms with van der Waals surface area (Å²) < 4.78 is 16.9. The lowest BCUT2D eigenvalue weighted by molar-refractivity contribution is -0.167. The summed E-state index contributed by atoms with van der Waals surface area (Å²) in [7, 11) is 0. The maximum atomic E-state index is 12.9. The van der Waals surface area contributed by atoms with Crippen LogP contribution < -0.4 is 0 Å². The number of carbonyl (C=O) groups is 3. The summed E-state index contributed by atoms with van der Waals surface area (Å²) in [6, 6.07) is 0. The zero-order valence-electron chi connectivity index (χ0n) is 55.8. The molecule has 0 aromatic rings. The third-order valence-electron chi connectivity index (χ3n) is 17.2. The van der Waals surface area contributed by atoms with E-state index in [0.717, 1.165) is 64.2 Å². The number of hydrogen-bond donors (Lipinski definition) is 0. The summed E-state index contributed by atoms with van der Waals surface area (Å²) in [5.41, 5.74) is 0. The topological polar surface area (TPSA) is 78.9 Å². The van der Waals surface area contributed by atoms with Gasteiger partial charge in [-0.25, -0.2) is 0 Å². The fourth-order valence-corrected chi connectivity index (χ4v) is 11.6. The first-order valence-electron chi connectivity index (χ1n) is 37.3. The van der Waals surface area contributed by atoms with Crippen molar-refractivity contribution in [3.05, 3.63) is 24.3 Å². The van der Waals surface area contributed by atoms with E-state index in [1.165, 1.54) is 321 Å². The number of carbonyl (C=O) groups excluding carboxylic acids is 3. The summed E-state index contributed by atoms with van der Waals surface area (Å²) in [6.45, 7) is 6.67. The third kappa shape index (κ3) is 68.7. The molecule has 484 valence electrons. The van der Waals surface area contributed by atoms with E-state index in [1.807, 2.05) is 0 Å². The van der Waals surface area contributed by atoms with Gasteiger partial charge < -0.3 is 14.2 Å². The van der Waals surface area contributed by atoms with Crippen LogP contribution in [0, 0.1) is 0 Å². The van der Waals surface area contributed by atoms with Gasteiger partial charge in [0.25, 0.3) is 0 Å². The molecular formula is C76H144O6. The molecular weight excluding hydrogens is 1010 g/mol. The molecule has 0 spiro atoms. The van der Waals surface area contributed by atoms with Crippen molar-refractivity contribution in [3.8, 4) is 0 Å². The molecule has 0 saturated heterocycles. The largest absolute Gasteiger partial charge is 0.462 e. The third-order valence-corrected chi connectivity index (χ3v) is 17.2. The van der Waals surface area contributed by atoms with Crippen molar-refractivity contribution >= 4 is 17.9 Å². The van der Waals surface area contributed by atoms with Gasteiger partial charge in [0, 0.05) is 19.3 Å². The second kappa shape index (κ2) is 71.4. The smallest absolute Gasteiger partial charge is 0.306 e. The van der Waals surface area contributed by atoms with Crippen LogP contribution in [-0.2, 0) is 28.6 Å². The van der Waals surface area contributed by atoms with Crippen LogP contribution >= 0.6 is 0 Å². The van der Waals surface area contributed by atoms with Crippen LogP contribution in [0.1, 0.15) is 425 Å². The molecule has 1 atom stereocenters. The second-order valence-electron chi connectivity index (χ2n) is 25.6. The van der Waals surface area contributed by atoms with Gasteiger partial charge in [-0.3, -0.25) is 14.4 Å². The summed E-state index contributed by atoms with van der Waals surface area (Å²) >= 11 is 0. The van der Waals surface area contributed by atoms with Crippen molar-refractivity contribution in [1.29, 1.82) is 0 Å². The molecule has 0 radical (unpaired) electrons. The maximum Gasteiger partial charge on any atom is 0.306 e. The standard InChI is InChI=1S/C76H144O6/c1-4-7-10-13-16-18-20-22-24-26-28-30-32-34-35-36-37-38-39-40-42-43-45-47-49-51-53-55-57-60-63-66-69-75(78)81-72-73(71-80-74(77)68-65-62-59-15-12-9-6-3)82-76(79)70-67-64-61-58-56-54-52-50-48-46-44-41-33-31-29-27-25-23-21-19-17-14-11-8-5-2/h21,23,27,29,73H,4-20,22,24-26,28,30-72H2,1-3H3/b23-21-,29-27-. The Morgan fingerprint density at radius 2 is 0.439 bits per heavy atom. The predicted molar refractivity (Wildman–Crippen MR) is 358 cm³/mol. The van der Waals surface area contributed by atoms with Crippen molar-refractivity contribution in [2.45, 2.75) is 431 Å². The lowest BCUT2D eigenvalue weighted by Gasteiger charge is -2.18. The molecule has 0 bridgehead atoms. The number of hydrogen-bond acceptors (Lipinski definition) is 6. The monoisotopic (exact) mass is 1150 g/mol. The average molecular weight is 1150 g/mol. The van der Waals surface area contributed by atoms with E-state index in [0.29, 0.717) is 19.3 Å². The van der Waals surface area contributed by atoms with Gasteiger partial charge in [0.2, 0.25) is 0 Å². The van der Waals surface area contributed by atoms with Crippen LogP contribution in [0.5, 0.6) is 0 Å². The van der Waals surface area contributed by atoms with Crippen LogP contribution in [-0.4, -0.2) is 37.2 Å². The molecule has 6 nitrogen and oxygen atoms in total. The Balaban J connectivity index is 3.96. The molecule has 0 aliphatic heterocycles. The normalized spacial score (nSPS) is 12.1. The van der Waals surface area contributed by atoms with Crippen LogP contribution in [0.2, 0.25) is 0 Å². The van der Waals surface area contributed by atoms with Crippen LogP contribution in [0.25, 0.3) is 0 Å². The number of esters is 3. The number of allylic oxidation sites excluding steroid dienone is 4. The van der Waals surface area contributed by atoms with E-state index in [4.69, 9.17) is 14.2 Å². The minimum Gasteiger partial charge on any atom is -0.462 e. The van der Waals surface area contributed by atoms with E-state index >= 15 is 0 Å². The Hall–Kier alpha value is -2.11. The van der Waals surface area contributed by atoms with E-state index in [1.54, 1.807) is 0 Å². The number of unbranched alkanes of at least 4 members (excludes halogenated alkanes) is 55. The molecule has 0 amide bonds. The molecule has 82 heavy (non-hydrogen) atoms. The van der Waals surface area contributed by atoms with Gasteiger partial charge in [0.15, 0.2) is 6.10 Å². The molecule has 1 unspecified atom stereocenters. The van der Waals surface area contributed by atoms with Gasteiger partial charge in [-0.2, -0.15) is 0 Å². The molecule has 6 heteroatoms. The molecule has 0 aromatic heterocycles. The van der Waals surface area contributed by atoms with Gasteiger partial charge >= 0.3 is 17.9 Å². The highest BCUT2D eigenvalue weighted by Gasteiger charge is 2.20. The summed E-state index contributed by atoms with van der Waals surface area (Å²) in [5, 5.41) is 0. The minimum absolute atomic E-state index is 0.0653. The fraction of sp³-hybridized carbons (Fsp3) is 0.908. The lowest BCUT2D eigenvalue weighted by atomic mass is 10.0. The van der Waals surface area contributed by atoms with Gasteiger partial charge in [0.1, 0.15) is 13.2 Å². The summed E-state index contributed by atoms with van der Waals surface area (Å²) in [4.78, 5) is 38.2. The van der Waals surface area contributed by atoms with Crippen LogP contribution in [0.15, 0.2) is 24.3 Å². The fourth-order valence-electron chi connectivity index (χ4n) is 11.6. The first kappa shape index (κ1) is 79.9. The van der Waals surface area contributed by atoms with E-state index < -0.39 is 6.10 Å². The zero-order chi connectivity index (χ0) is 59.2. The van der Waals surface area contributed by atoms with E-state index in [9.17, 15) is 14.4 Å². The van der Waals surface area contributed by atoms with E-state index in [2.05, 4.69) is 45.1 Å². The van der Waals surface area contributed by atoms with E-state index in [-0.39, 0.29) is 31.1 Å². The Morgan fingerprint density at radius 1 is 0.244 bits per heavy atom. The number of ether oxygens (including phenoxy) is 3. The first-order chi connectivity index (χ1) is 40.5. The first-order valence-corrected chi connectivity index (χ1v) is 37.3. The van der Waals surface area contributed by atoms with Gasteiger partial charge in [-0.05, 0) is 51.4 Å². The van der Waals surface area contributed by atoms with Gasteiger partial charge in [0.05, 0.1) is 0 Å². The highest BCUT2D eigenvalue weighted by Crippen LogP contribution is 2.19. The summed E-state index contributed by atoms with van der Waals surface area (Å²) in [5.74, 6) is -0.843. The van der Waals surface area contributed by atoms with Crippen LogP contribution in [0.3, 0.4) is 0 Å². The SMILES string of the molecule is CCCCCCC/C=C\C/C=C\CCCCCCCCCCCCCCCC(=O)OC(COC(=O)CCCCCCCCC)COC(=O)CCCCCCCCCCCCCCCCCCCCCCCCCCCCCCCCCC. The second-order valence-corrected chi connectivity index (χ2v) is 25.6. The quantitative estimate of drug-likeness (QED) is 0.0261. The van der Waals surface area contributed by atoms with Gasteiger partial charge in [-0.1, -0.05) is 379 Å². The highest BCUT2D eigenvalue weighted by atomic mass is 16.6. The molecule has 0 saturated carbocycles. The zero-order valence-corrected chi connectivity index (χ0v) is 55.8. The van der Waals surface area contributed by atoms with Crippen molar-refractivity contribution in [2.75, 3.05) is 13.2 Å². The number of rotatable bonds is 70. The van der Waals surface area contributed by atoms with Crippen molar-refractivity contribution < 1.29 is 28.6 Å². The molecule has 0 N–H and O–H groups in total. The average Bonchev–Trinajstić information content (AvgIpc) is 3.48. The Kier molecular flexibility index (Phi) is 69.5.